The van der Waals surface area contributed by atoms with Crippen LogP contribution in [0.1, 0.15) is 60.0 Å². The number of alkyl halides is 5. The summed E-state index contributed by atoms with van der Waals surface area (Å²) in [6.07, 6.45) is -4.59. The van der Waals surface area contributed by atoms with Crippen LogP contribution >= 0.6 is 21.9 Å². The molecule has 4 heterocycles. The summed E-state index contributed by atoms with van der Waals surface area (Å²) in [6, 6.07) is -0.721. The van der Waals surface area contributed by atoms with E-state index in [1.54, 1.807) is 0 Å². The fourth-order valence-electron chi connectivity index (χ4n) is 4.41. The molecular weight excluding hydrogens is 581 g/mol. The minimum atomic E-state index is -4.89. The molecule has 0 saturated carbocycles. The molecule has 0 bridgehead atoms. The Balaban J connectivity index is 1.76. The van der Waals surface area contributed by atoms with Crippen LogP contribution in [-0.2, 0) is 6.18 Å². The fourth-order valence-corrected chi connectivity index (χ4v) is 6.76. The summed E-state index contributed by atoms with van der Waals surface area (Å²) in [6.45, 7) is 6.43. The molecule has 2 aromatic heterocycles. The molecule has 16 heteroatoms. The molecular formula is C24H30F5N5O4S2. The minimum Gasteiger partial charge on any atom is -0.370 e. The highest BCUT2D eigenvalue weighted by molar-refractivity contribution is 8.25. The van der Waals surface area contributed by atoms with E-state index in [0.717, 1.165) is 17.2 Å². The number of thiazole rings is 1. The van der Waals surface area contributed by atoms with E-state index in [4.69, 9.17) is 0 Å². The van der Waals surface area contributed by atoms with E-state index in [0.29, 0.717) is 17.9 Å². The Morgan fingerprint density at radius 2 is 1.88 bits per heavy atom. The van der Waals surface area contributed by atoms with Gasteiger partial charge in [-0.3, -0.25) is 18.7 Å². The first kappa shape index (κ1) is 30.4. The predicted molar refractivity (Wildman–Crippen MR) is 142 cm³/mol. The van der Waals surface area contributed by atoms with Crippen molar-refractivity contribution in [3.8, 4) is 10.4 Å². The standard InChI is InChI=1S/C24H30F5N5O4S2/c1-12-6-23(25,26)11-34(12)21(36)17-18(39-20(33-17)19(35)32-13-8-40(37,38)9-13)14-7-30-16(31-10-22(2,3)4)5-15(14)24(27,28)29/h5,7,12-13,37-38H,6,8-11H2,1-4H3,(H,30,31)(H,32,35). The fraction of sp³-hybridized carbons (Fsp3) is 0.583. The van der Waals surface area contributed by atoms with Gasteiger partial charge in [0.05, 0.1) is 34.5 Å². The second-order valence-electron chi connectivity index (χ2n) is 11.4. The van der Waals surface area contributed by atoms with Gasteiger partial charge in [0.2, 0.25) is 0 Å². The van der Waals surface area contributed by atoms with Crippen LogP contribution in [0.5, 0.6) is 0 Å². The Hall–Kier alpha value is -2.56. The smallest absolute Gasteiger partial charge is 0.370 e. The predicted octanol–water partition coefficient (Wildman–Crippen LogP) is 5.41. The molecule has 9 nitrogen and oxygen atoms in total. The second kappa shape index (κ2) is 10.4. The van der Waals surface area contributed by atoms with Gasteiger partial charge in [-0.15, -0.1) is 11.3 Å². The number of nitrogens with zero attached hydrogens (tertiary/aromatic N) is 3. The SMILES string of the molecule is CC1CC(F)(F)CN1C(=O)c1nc(C(=O)NC2CS(O)(O)C2)sc1-c1cnc(NCC(C)(C)C)cc1C(F)(F)F. The maximum absolute atomic E-state index is 14.3. The van der Waals surface area contributed by atoms with Gasteiger partial charge in [-0.05, 0) is 18.4 Å². The normalized spacial score (nSPS) is 21.6. The first-order chi connectivity index (χ1) is 18.2. The third-order valence-corrected chi connectivity index (χ3v) is 9.30. The lowest BCUT2D eigenvalue weighted by atomic mass is 9.97. The van der Waals surface area contributed by atoms with Gasteiger partial charge in [0, 0.05) is 30.8 Å². The molecule has 1 atom stereocenters. The summed E-state index contributed by atoms with van der Waals surface area (Å²) in [4.78, 5) is 34.9. The van der Waals surface area contributed by atoms with Gasteiger partial charge in [-0.2, -0.15) is 23.8 Å². The zero-order valence-corrected chi connectivity index (χ0v) is 23.7. The first-order valence-electron chi connectivity index (χ1n) is 12.3. The number of rotatable bonds is 6. The van der Waals surface area contributed by atoms with Crippen LogP contribution in [0.25, 0.3) is 10.4 Å². The van der Waals surface area contributed by atoms with Crippen LogP contribution in [0.15, 0.2) is 12.3 Å². The minimum absolute atomic E-state index is 0.0573. The van der Waals surface area contributed by atoms with E-state index >= 15 is 0 Å². The molecule has 2 fully saturated rings. The summed E-state index contributed by atoms with van der Waals surface area (Å²) in [5.41, 5.74) is -2.50. The van der Waals surface area contributed by atoms with Crippen LogP contribution < -0.4 is 10.6 Å². The number of aromatic nitrogens is 2. The molecule has 4 N–H and O–H groups in total. The van der Waals surface area contributed by atoms with Gasteiger partial charge in [-0.1, -0.05) is 20.8 Å². The Morgan fingerprint density at radius 3 is 2.40 bits per heavy atom. The van der Waals surface area contributed by atoms with Gasteiger partial charge >= 0.3 is 6.18 Å². The quantitative estimate of drug-likeness (QED) is 0.322. The number of nitrogens with one attached hydrogen (secondary N) is 2. The lowest BCUT2D eigenvalue weighted by Gasteiger charge is -2.46. The summed E-state index contributed by atoms with van der Waals surface area (Å²) >= 11 is 0.502. The summed E-state index contributed by atoms with van der Waals surface area (Å²) in [5, 5.41) is 4.99. The van der Waals surface area contributed by atoms with E-state index in [2.05, 4.69) is 20.6 Å². The van der Waals surface area contributed by atoms with Gasteiger partial charge in [-0.25, -0.2) is 18.7 Å². The molecule has 2 amide bonds. The molecule has 4 rings (SSSR count). The number of hydrogen-bond acceptors (Lipinski definition) is 8. The summed E-state index contributed by atoms with van der Waals surface area (Å²) in [5.74, 6) is -5.29. The molecule has 40 heavy (non-hydrogen) atoms. The van der Waals surface area contributed by atoms with Crippen LogP contribution in [0.4, 0.5) is 27.8 Å². The van der Waals surface area contributed by atoms with E-state index in [1.165, 1.54) is 6.92 Å². The van der Waals surface area contributed by atoms with Crippen molar-refractivity contribution in [2.24, 2.45) is 5.41 Å². The highest BCUT2D eigenvalue weighted by Gasteiger charge is 2.47. The summed E-state index contributed by atoms with van der Waals surface area (Å²) < 4.78 is 90.1. The largest absolute Gasteiger partial charge is 0.417 e. The van der Waals surface area contributed by atoms with Crippen LogP contribution in [0.2, 0.25) is 0 Å². The topological polar surface area (TPSA) is 128 Å². The number of amides is 2. The third kappa shape index (κ3) is 6.83. The average molecular weight is 612 g/mol. The van der Waals surface area contributed by atoms with Crippen molar-refractivity contribution in [1.29, 1.82) is 0 Å². The van der Waals surface area contributed by atoms with Crippen molar-refractivity contribution < 1.29 is 40.6 Å². The van der Waals surface area contributed by atoms with E-state index in [9.17, 15) is 40.6 Å². The Kier molecular flexibility index (Phi) is 7.88. The molecule has 2 aliphatic heterocycles. The Morgan fingerprint density at radius 1 is 1.23 bits per heavy atom. The zero-order valence-electron chi connectivity index (χ0n) is 22.1. The highest BCUT2D eigenvalue weighted by Crippen LogP contribution is 2.48. The lowest BCUT2D eigenvalue weighted by Crippen LogP contribution is -2.50. The van der Waals surface area contributed by atoms with Crippen LogP contribution in [0.3, 0.4) is 0 Å². The first-order valence-corrected chi connectivity index (χ1v) is 15.0. The van der Waals surface area contributed by atoms with Gasteiger partial charge in [0.1, 0.15) is 11.5 Å². The number of hydrogen-bond donors (Lipinski definition) is 4. The number of pyridine rings is 1. The lowest BCUT2D eigenvalue weighted by molar-refractivity contribution is -0.137. The van der Waals surface area contributed by atoms with Crippen molar-refractivity contribution in [3.05, 3.63) is 28.5 Å². The van der Waals surface area contributed by atoms with Gasteiger partial charge in [0.15, 0.2) is 5.01 Å². The second-order valence-corrected chi connectivity index (χ2v) is 14.6. The summed E-state index contributed by atoms with van der Waals surface area (Å²) in [7, 11) is -2.79. The van der Waals surface area contributed by atoms with Crippen molar-refractivity contribution in [2.45, 2.75) is 58.3 Å². The van der Waals surface area contributed by atoms with E-state index < -0.39 is 76.4 Å². The van der Waals surface area contributed by atoms with Gasteiger partial charge < -0.3 is 15.5 Å². The molecule has 0 aliphatic carbocycles. The van der Waals surface area contributed by atoms with Crippen LogP contribution in [-0.4, -0.2) is 78.4 Å². The van der Waals surface area contributed by atoms with Crippen molar-refractivity contribution in [3.63, 3.8) is 0 Å². The van der Waals surface area contributed by atoms with Crippen molar-refractivity contribution in [2.75, 3.05) is 29.9 Å². The Bertz CT molecular complexity index is 1300. The number of carbonyl (C=O) groups is 2. The molecule has 0 radical (unpaired) electrons. The molecule has 2 aromatic rings. The highest BCUT2D eigenvalue weighted by atomic mass is 32.3. The van der Waals surface area contributed by atoms with Crippen molar-refractivity contribution >= 4 is 39.6 Å². The number of carbonyl (C=O) groups excluding carboxylic acids is 2. The average Bonchev–Trinajstić information content (AvgIpc) is 3.35. The molecule has 2 aliphatic rings. The molecule has 2 saturated heterocycles. The van der Waals surface area contributed by atoms with E-state index in [-0.39, 0.29) is 32.6 Å². The maximum Gasteiger partial charge on any atom is 0.417 e. The monoisotopic (exact) mass is 611 g/mol. The van der Waals surface area contributed by atoms with Crippen molar-refractivity contribution in [1.82, 2.24) is 20.2 Å². The van der Waals surface area contributed by atoms with Crippen LogP contribution in [0, 0.1) is 5.41 Å². The van der Waals surface area contributed by atoms with E-state index in [1.807, 2.05) is 20.8 Å². The number of anilines is 1. The maximum atomic E-state index is 14.3. The number of halogens is 5. The Labute approximate surface area is 232 Å². The molecule has 0 spiro atoms. The zero-order chi connectivity index (χ0) is 29.8. The molecule has 222 valence electrons. The number of likely N-dealkylation sites (tertiary alicyclic amines) is 1. The van der Waals surface area contributed by atoms with Gasteiger partial charge in [0.25, 0.3) is 17.7 Å². The third-order valence-electron chi connectivity index (χ3n) is 6.34. The molecule has 0 aromatic carbocycles. The molecule has 1 unspecified atom stereocenters.